The average molecular weight is 246 g/mol. The molecule has 2 rings (SSSR count). The van der Waals surface area contributed by atoms with Crippen molar-refractivity contribution in [2.24, 2.45) is 0 Å². The molecule has 0 aliphatic carbocycles. The molecule has 0 amide bonds. The largest absolute Gasteiger partial charge is 0.478 e. The van der Waals surface area contributed by atoms with Crippen LogP contribution in [-0.4, -0.2) is 26.3 Å². The van der Waals surface area contributed by atoms with E-state index in [2.05, 4.69) is 20.5 Å². The smallest absolute Gasteiger partial charge is 0.335 e. The standard InChI is InChI=1S/C10H10N6O2/c11-7-8(12)15-16-10(14-7)13-6-3-1-2-5(4-6)9(17)18/h1-4H,(H2,12,15)(H,17,18)(H3,11,13,14,16). The number of rotatable bonds is 3. The molecule has 8 heteroatoms. The molecule has 0 aliphatic heterocycles. The number of carbonyl (C=O) groups is 1. The first-order valence-corrected chi connectivity index (χ1v) is 4.92. The van der Waals surface area contributed by atoms with Crippen LogP contribution in [0.3, 0.4) is 0 Å². The lowest BCUT2D eigenvalue weighted by atomic mass is 10.2. The summed E-state index contributed by atoms with van der Waals surface area (Å²) >= 11 is 0. The number of aromatic carboxylic acids is 1. The second-order valence-electron chi connectivity index (χ2n) is 3.42. The Bertz CT molecular complexity index is 601. The van der Waals surface area contributed by atoms with E-state index in [1.54, 1.807) is 12.1 Å². The van der Waals surface area contributed by atoms with Gasteiger partial charge >= 0.3 is 5.97 Å². The van der Waals surface area contributed by atoms with E-state index in [4.69, 9.17) is 16.6 Å². The van der Waals surface area contributed by atoms with Crippen LogP contribution in [-0.2, 0) is 0 Å². The molecule has 0 saturated carbocycles. The molecule has 8 nitrogen and oxygen atoms in total. The Balaban J connectivity index is 2.25. The third-order valence-electron chi connectivity index (χ3n) is 2.11. The molecule has 2 aromatic rings. The number of hydrogen-bond acceptors (Lipinski definition) is 7. The quantitative estimate of drug-likeness (QED) is 0.612. The van der Waals surface area contributed by atoms with Crippen LogP contribution < -0.4 is 16.8 Å². The number of carboxylic acid groups (broad SMARTS) is 1. The summed E-state index contributed by atoms with van der Waals surface area (Å²) in [7, 11) is 0. The van der Waals surface area contributed by atoms with Crippen molar-refractivity contribution in [2.45, 2.75) is 0 Å². The number of benzene rings is 1. The Morgan fingerprint density at radius 2 is 2.00 bits per heavy atom. The molecule has 18 heavy (non-hydrogen) atoms. The fourth-order valence-corrected chi connectivity index (χ4v) is 1.26. The molecule has 1 heterocycles. The van der Waals surface area contributed by atoms with Crippen molar-refractivity contribution in [3.05, 3.63) is 29.8 Å². The summed E-state index contributed by atoms with van der Waals surface area (Å²) in [6.45, 7) is 0. The highest BCUT2D eigenvalue weighted by Crippen LogP contribution is 2.16. The first kappa shape index (κ1) is 11.6. The lowest BCUT2D eigenvalue weighted by Gasteiger charge is -2.05. The monoisotopic (exact) mass is 246 g/mol. The predicted octanol–water partition coefficient (Wildman–Crippen LogP) is 0.478. The Morgan fingerprint density at radius 3 is 2.67 bits per heavy atom. The molecule has 0 bridgehead atoms. The molecular formula is C10H10N6O2. The summed E-state index contributed by atoms with van der Waals surface area (Å²) in [4.78, 5) is 14.7. The second kappa shape index (κ2) is 4.53. The average Bonchev–Trinajstić information content (AvgIpc) is 2.34. The van der Waals surface area contributed by atoms with E-state index >= 15 is 0 Å². The number of nitrogens with one attached hydrogen (secondary N) is 1. The fraction of sp³-hybridized carbons (Fsp3) is 0. The third-order valence-corrected chi connectivity index (χ3v) is 2.11. The van der Waals surface area contributed by atoms with E-state index in [-0.39, 0.29) is 23.1 Å². The van der Waals surface area contributed by atoms with Gasteiger partial charge in [-0.15, -0.1) is 10.2 Å². The minimum atomic E-state index is -1.02. The molecule has 0 saturated heterocycles. The number of nitrogens with two attached hydrogens (primary N) is 2. The molecule has 0 unspecified atom stereocenters. The molecule has 0 aliphatic rings. The maximum absolute atomic E-state index is 10.8. The summed E-state index contributed by atoms with van der Waals surface area (Å²) in [6.07, 6.45) is 0. The summed E-state index contributed by atoms with van der Waals surface area (Å²) in [5, 5.41) is 18.9. The van der Waals surface area contributed by atoms with Gasteiger partial charge in [-0.25, -0.2) is 4.79 Å². The molecule has 1 aromatic carbocycles. The van der Waals surface area contributed by atoms with E-state index in [1.807, 2.05) is 0 Å². The highest BCUT2D eigenvalue weighted by Gasteiger charge is 2.06. The van der Waals surface area contributed by atoms with Gasteiger partial charge in [0, 0.05) is 5.69 Å². The molecule has 1 aromatic heterocycles. The number of nitrogen functional groups attached to an aromatic ring is 2. The number of nitrogens with zero attached hydrogens (tertiary/aromatic N) is 3. The van der Waals surface area contributed by atoms with Gasteiger partial charge in [-0.05, 0) is 18.2 Å². The van der Waals surface area contributed by atoms with Crippen LogP contribution >= 0.6 is 0 Å². The minimum absolute atomic E-state index is 0.0415. The second-order valence-corrected chi connectivity index (χ2v) is 3.42. The Labute approximate surface area is 102 Å². The first-order chi connectivity index (χ1) is 8.56. The zero-order valence-electron chi connectivity index (χ0n) is 9.16. The number of anilines is 4. The van der Waals surface area contributed by atoms with Gasteiger partial charge in [-0.1, -0.05) is 6.07 Å². The minimum Gasteiger partial charge on any atom is -0.478 e. The lowest BCUT2D eigenvalue weighted by molar-refractivity contribution is 0.0697. The molecule has 0 atom stereocenters. The summed E-state index contributed by atoms with van der Waals surface area (Å²) < 4.78 is 0. The van der Waals surface area contributed by atoms with Crippen molar-refractivity contribution in [1.82, 2.24) is 15.2 Å². The molecule has 92 valence electrons. The van der Waals surface area contributed by atoms with Crippen molar-refractivity contribution >= 4 is 29.2 Å². The molecule has 0 fully saturated rings. The van der Waals surface area contributed by atoms with Gasteiger partial charge in [-0.2, -0.15) is 4.98 Å². The first-order valence-electron chi connectivity index (χ1n) is 4.92. The van der Waals surface area contributed by atoms with Gasteiger partial charge in [-0.3, -0.25) is 0 Å². The van der Waals surface area contributed by atoms with Gasteiger partial charge in [0.25, 0.3) is 0 Å². The topological polar surface area (TPSA) is 140 Å². The zero-order chi connectivity index (χ0) is 13.1. The van der Waals surface area contributed by atoms with Gasteiger partial charge in [0.05, 0.1) is 5.56 Å². The van der Waals surface area contributed by atoms with Crippen LogP contribution in [0.25, 0.3) is 0 Å². The fourth-order valence-electron chi connectivity index (χ4n) is 1.26. The van der Waals surface area contributed by atoms with Crippen LogP contribution in [0.5, 0.6) is 0 Å². The maximum atomic E-state index is 10.8. The number of hydrogen-bond donors (Lipinski definition) is 4. The van der Waals surface area contributed by atoms with E-state index in [0.29, 0.717) is 5.69 Å². The van der Waals surface area contributed by atoms with E-state index in [0.717, 1.165) is 0 Å². The number of aromatic nitrogens is 3. The van der Waals surface area contributed by atoms with E-state index < -0.39 is 5.97 Å². The predicted molar refractivity (Wildman–Crippen MR) is 65.3 cm³/mol. The summed E-state index contributed by atoms with van der Waals surface area (Å²) in [5.41, 5.74) is 11.5. The van der Waals surface area contributed by atoms with E-state index in [1.165, 1.54) is 12.1 Å². The zero-order valence-corrected chi connectivity index (χ0v) is 9.16. The highest BCUT2D eigenvalue weighted by molar-refractivity contribution is 5.89. The highest BCUT2D eigenvalue weighted by atomic mass is 16.4. The lowest BCUT2D eigenvalue weighted by Crippen LogP contribution is -2.07. The maximum Gasteiger partial charge on any atom is 0.335 e. The SMILES string of the molecule is Nc1nnc(Nc2cccc(C(=O)O)c2)nc1N. The third kappa shape index (κ3) is 2.43. The van der Waals surface area contributed by atoms with Crippen molar-refractivity contribution in [1.29, 1.82) is 0 Å². The van der Waals surface area contributed by atoms with Gasteiger partial charge in [0.15, 0.2) is 11.6 Å². The van der Waals surface area contributed by atoms with Crippen molar-refractivity contribution in [3.8, 4) is 0 Å². The van der Waals surface area contributed by atoms with Gasteiger partial charge in [0.2, 0.25) is 5.95 Å². The van der Waals surface area contributed by atoms with Crippen LogP contribution in [0, 0.1) is 0 Å². The van der Waals surface area contributed by atoms with Crippen LogP contribution in [0.2, 0.25) is 0 Å². The Kier molecular flexibility index (Phi) is 2.92. The Morgan fingerprint density at radius 1 is 1.22 bits per heavy atom. The van der Waals surface area contributed by atoms with Crippen molar-refractivity contribution in [2.75, 3.05) is 16.8 Å². The van der Waals surface area contributed by atoms with Gasteiger partial charge in [0.1, 0.15) is 0 Å². The van der Waals surface area contributed by atoms with E-state index in [9.17, 15) is 4.79 Å². The molecule has 0 radical (unpaired) electrons. The van der Waals surface area contributed by atoms with Crippen molar-refractivity contribution in [3.63, 3.8) is 0 Å². The van der Waals surface area contributed by atoms with Gasteiger partial charge < -0.3 is 21.9 Å². The normalized spacial score (nSPS) is 10.0. The Hall–Kier alpha value is -2.90. The summed E-state index contributed by atoms with van der Waals surface area (Å²) in [6, 6.07) is 6.18. The number of carboxylic acids is 1. The van der Waals surface area contributed by atoms with Crippen LogP contribution in [0.15, 0.2) is 24.3 Å². The van der Waals surface area contributed by atoms with Crippen molar-refractivity contribution < 1.29 is 9.90 Å². The van der Waals surface area contributed by atoms with Crippen LogP contribution in [0.1, 0.15) is 10.4 Å². The van der Waals surface area contributed by atoms with Crippen LogP contribution in [0.4, 0.5) is 23.3 Å². The summed E-state index contributed by atoms with van der Waals surface area (Å²) in [5.74, 6) is -0.777. The molecular weight excluding hydrogens is 236 g/mol. The molecule has 6 N–H and O–H groups in total. The molecule has 0 spiro atoms.